The third-order valence-corrected chi connectivity index (χ3v) is 3.76. The van der Waals surface area contributed by atoms with Crippen LogP contribution in [0.5, 0.6) is 0 Å². The number of carbonyl (C=O) groups excluding carboxylic acids is 1. The van der Waals surface area contributed by atoms with Gasteiger partial charge in [0.15, 0.2) is 0 Å². The fraction of sp³-hybridized carbons (Fsp3) is 0.118. The van der Waals surface area contributed by atoms with Crippen molar-refractivity contribution in [2.45, 2.75) is 13.5 Å². The summed E-state index contributed by atoms with van der Waals surface area (Å²) in [5, 5.41) is 6.95. The molecule has 3 aromatic rings. The molecule has 0 aliphatic heterocycles. The Bertz CT molecular complexity index is 866. The molecule has 0 radical (unpaired) electrons. The average Bonchev–Trinajstić information content (AvgIpc) is 2.53. The van der Waals surface area contributed by atoms with Gasteiger partial charge in [0, 0.05) is 35.2 Å². The van der Waals surface area contributed by atoms with E-state index in [-0.39, 0.29) is 5.91 Å². The number of nitrogens with zero attached hydrogens (tertiary/aromatic N) is 2. The van der Waals surface area contributed by atoms with Crippen LogP contribution < -0.4 is 10.6 Å². The molecule has 2 N–H and O–H groups in total. The predicted molar refractivity (Wildman–Crippen MR) is 94.5 cm³/mol. The minimum absolute atomic E-state index is 0.0487. The highest BCUT2D eigenvalue weighted by Crippen LogP contribution is 2.20. The first-order valence-electron chi connectivity index (χ1n) is 7.13. The van der Waals surface area contributed by atoms with Gasteiger partial charge in [-0.3, -0.25) is 4.79 Å². The van der Waals surface area contributed by atoms with Crippen LogP contribution in [0.1, 0.15) is 12.5 Å². The average molecular weight is 371 g/mol. The minimum Gasteiger partial charge on any atom is -0.352 e. The number of nitrogens with one attached hydrogen (secondary N) is 2. The normalized spacial score (nSPS) is 10.5. The zero-order valence-electron chi connectivity index (χ0n) is 12.5. The maximum atomic E-state index is 11.0. The molecule has 116 valence electrons. The molecule has 1 aromatic heterocycles. The monoisotopic (exact) mass is 370 g/mol. The van der Waals surface area contributed by atoms with Gasteiger partial charge < -0.3 is 10.6 Å². The molecule has 0 saturated heterocycles. The predicted octanol–water partition coefficient (Wildman–Crippen LogP) is 3.77. The van der Waals surface area contributed by atoms with Gasteiger partial charge in [-0.25, -0.2) is 9.97 Å². The first-order valence-corrected chi connectivity index (χ1v) is 7.92. The maximum absolute atomic E-state index is 11.0. The minimum atomic E-state index is -0.0487. The molecule has 1 amide bonds. The Balaban J connectivity index is 1.80. The lowest BCUT2D eigenvalue weighted by atomic mass is 10.2. The highest BCUT2D eigenvalue weighted by atomic mass is 79.9. The third kappa shape index (κ3) is 4.04. The first kappa shape index (κ1) is 15.4. The Morgan fingerprint density at radius 2 is 2.09 bits per heavy atom. The summed E-state index contributed by atoms with van der Waals surface area (Å²) < 4.78 is 1.000. The molecule has 0 fully saturated rings. The zero-order valence-corrected chi connectivity index (χ0v) is 14.1. The van der Waals surface area contributed by atoms with E-state index in [1.54, 1.807) is 6.20 Å². The van der Waals surface area contributed by atoms with E-state index >= 15 is 0 Å². The number of rotatable bonds is 4. The summed E-state index contributed by atoms with van der Waals surface area (Å²) in [6, 6.07) is 13.7. The standard InChI is InChI=1S/C17H15BrN4O/c1-11(23)19-9-12-3-2-4-15(7-12)21-17-20-10-13-8-14(18)5-6-16(13)22-17/h2-8,10H,9H2,1H3,(H,19,23)(H,20,21,22). The van der Waals surface area contributed by atoms with Crippen molar-refractivity contribution in [1.82, 2.24) is 15.3 Å². The van der Waals surface area contributed by atoms with Crippen LogP contribution in [0.15, 0.2) is 53.1 Å². The van der Waals surface area contributed by atoms with E-state index in [2.05, 4.69) is 36.5 Å². The van der Waals surface area contributed by atoms with Crippen molar-refractivity contribution < 1.29 is 4.79 Å². The number of anilines is 2. The summed E-state index contributed by atoms with van der Waals surface area (Å²) in [7, 11) is 0. The molecule has 0 bridgehead atoms. The number of carbonyl (C=O) groups is 1. The topological polar surface area (TPSA) is 66.9 Å². The number of amides is 1. The van der Waals surface area contributed by atoms with Gasteiger partial charge in [-0.15, -0.1) is 0 Å². The van der Waals surface area contributed by atoms with Crippen LogP contribution in [0.25, 0.3) is 10.9 Å². The molecule has 0 aliphatic rings. The van der Waals surface area contributed by atoms with Crippen LogP contribution in [0.2, 0.25) is 0 Å². The van der Waals surface area contributed by atoms with Gasteiger partial charge >= 0.3 is 0 Å². The molecule has 0 unspecified atom stereocenters. The van der Waals surface area contributed by atoms with Crippen molar-refractivity contribution in [2.24, 2.45) is 0 Å². The van der Waals surface area contributed by atoms with Gasteiger partial charge in [-0.2, -0.15) is 0 Å². The molecule has 0 atom stereocenters. The maximum Gasteiger partial charge on any atom is 0.227 e. The molecule has 6 heteroatoms. The molecule has 0 aliphatic carbocycles. The summed E-state index contributed by atoms with van der Waals surface area (Å²) >= 11 is 3.44. The van der Waals surface area contributed by atoms with E-state index in [1.165, 1.54) is 6.92 Å². The third-order valence-electron chi connectivity index (χ3n) is 3.27. The Kier molecular flexibility index (Phi) is 4.52. The quantitative estimate of drug-likeness (QED) is 0.733. The summed E-state index contributed by atoms with van der Waals surface area (Å²) in [4.78, 5) is 19.8. The van der Waals surface area contributed by atoms with Crippen molar-refractivity contribution in [3.8, 4) is 0 Å². The Labute approximate surface area is 142 Å². The summed E-state index contributed by atoms with van der Waals surface area (Å²) in [6.07, 6.45) is 1.79. The number of hydrogen-bond donors (Lipinski definition) is 2. The van der Waals surface area contributed by atoms with E-state index in [1.807, 2.05) is 42.5 Å². The number of hydrogen-bond acceptors (Lipinski definition) is 4. The fourth-order valence-electron chi connectivity index (χ4n) is 2.18. The van der Waals surface area contributed by atoms with E-state index < -0.39 is 0 Å². The number of aromatic nitrogens is 2. The summed E-state index contributed by atoms with van der Waals surface area (Å²) in [5.41, 5.74) is 2.76. The number of halogens is 1. The second-order valence-corrected chi connectivity index (χ2v) is 6.05. The van der Waals surface area contributed by atoms with Gasteiger partial charge in [0.2, 0.25) is 11.9 Å². The molecular formula is C17H15BrN4O. The molecular weight excluding hydrogens is 356 g/mol. The van der Waals surface area contributed by atoms with Crippen LogP contribution >= 0.6 is 15.9 Å². The Hall–Kier alpha value is -2.47. The number of benzene rings is 2. The van der Waals surface area contributed by atoms with E-state index in [0.717, 1.165) is 26.6 Å². The molecule has 3 rings (SSSR count). The number of fused-ring (bicyclic) bond motifs is 1. The molecule has 2 aromatic carbocycles. The van der Waals surface area contributed by atoms with E-state index in [9.17, 15) is 4.79 Å². The van der Waals surface area contributed by atoms with Crippen molar-refractivity contribution >= 4 is 44.4 Å². The molecule has 0 spiro atoms. The Morgan fingerprint density at radius 3 is 2.91 bits per heavy atom. The van der Waals surface area contributed by atoms with Crippen LogP contribution in [0, 0.1) is 0 Å². The van der Waals surface area contributed by atoms with Crippen molar-refractivity contribution in [1.29, 1.82) is 0 Å². The van der Waals surface area contributed by atoms with Crippen LogP contribution in [0.3, 0.4) is 0 Å². The lowest BCUT2D eigenvalue weighted by Crippen LogP contribution is -2.18. The van der Waals surface area contributed by atoms with Crippen molar-refractivity contribution in [3.05, 3.63) is 58.7 Å². The SMILES string of the molecule is CC(=O)NCc1cccc(Nc2ncc3cc(Br)ccc3n2)c1. The molecule has 1 heterocycles. The van der Waals surface area contributed by atoms with E-state index in [0.29, 0.717) is 12.5 Å². The van der Waals surface area contributed by atoms with Gasteiger partial charge in [-0.05, 0) is 35.9 Å². The zero-order chi connectivity index (χ0) is 16.2. The highest BCUT2D eigenvalue weighted by molar-refractivity contribution is 9.10. The first-order chi connectivity index (χ1) is 11.1. The fourth-order valence-corrected chi connectivity index (χ4v) is 2.56. The Morgan fingerprint density at radius 1 is 1.22 bits per heavy atom. The van der Waals surface area contributed by atoms with E-state index in [4.69, 9.17) is 0 Å². The lowest BCUT2D eigenvalue weighted by molar-refractivity contribution is -0.119. The second-order valence-electron chi connectivity index (χ2n) is 5.13. The van der Waals surface area contributed by atoms with Gasteiger partial charge in [-0.1, -0.05) is 28.1 Å². The molecule has 0 saturated carbocycles. The molecule has 5 nitrogen and oxygen atoms in total. The largest absolute Gasteiger partial charge is 0.352 e. The van der Waals surface area contributed by atoms with Gasteiger partial charge in [0.1, 0.15) is 0 Å². The van der Waals surface area contributed by atoms with Gasteiger partial charge in [0.25, 0.3) is 0 Å². The highest BCUT2D eigenvalue weighted by Gasteiger charge is 2.03. The van der Waals surface area contributed by atoms with Crippen LogP contribution in [-0.4, -0.2) is 15.9 Å². The van der Waals surface area contributed by atoms with Crippen LogP contribution in [-0.2, 0) is 11.3 Å². The van der Waals surface area contributed by atoms with Crippen molar-refractivity contribution in [2.75, 3.05) is 5.32 Å². The van der Waals surface area contributed by atoms with Crippen LogP contribution in [0.4, 0.5) is 11.6 Å². The second kappa shape index (κ2) is 6.75. The van der Waals surface area contributed by atoms with Gasteiger partial charge in [0.05, 0.1) is 5.52 Å². The van der Waals surface area contributed by atoms with Crippen molar-refractivity contribution in [3.63, 3.8) is 0 Å². The summed E-state index contributed by atoms with van der Waals surface area (Å²) in [6.45, 7) is 2.00. The molecule has 23 heavy (non-hydrogen) atoms. The smallest absolute Gasteiger partial charge is 0.227 e. The summed E-state index contributed by atoms with van der Waals surface area (Å²) in [5.74, 6) is 0.490. The lowest BCUT2D eigenvalue weighted by Gasteiger charge is -2.08.